The molecule has 0 saturated heterocycles. The topological polar surface area (TPSA) is 56.2 Å². The van der Waals surface area contributed by atoms with E-state index in [1.807, 2.05) is 0 Å². The van der Waals surface area contributed by atoms with Crippen LogP contribution in [-0.4, -0.2) is 14.6 Å². The van der Waals surface area contributed by atoms with Crippen molar-refractivity contribution in [3.63, 3.8) is 0 Å². The molecule has 74 valence electrons. The van der Waals surface area contributed by atoms with Crippen LogP contribution in [0.4, 0.5) is 19.0 Å². The first-order valence-electron chi connectivity index (χ1n) is 3.65. The maximum absolute atomic E-state index is 12.4. The molecule has 0 aromatic carbocycles. The number of rotatable bonds is 0. The molecule has 14 heavy (non-hydrogen) atoms. The first-order chi connectivity index (χ1) is 6.50. The smallest absolute Gasteiger partial charge is 0.382 e. The molecular weight excluding hydrogens is 197 g/mol. The normalized spacial score (nSPS) is 12.2. The van der Waals surface area contributed by atoms with Gasteiger partial charge in [0, 0.05) is 0 Å². The van der Waals surface area contributed by atoms with E-state index in [4.69, 9.17) is 5.73 Å². The van der Waals surface area contributed by atoms with Crippen molar-refractivity contribution in [2.24, 2.45) is 0 Å². The number of anilines is 1. The van der Waals surface area contributed by atoms with Gasteiger partial charge in [-0.1, -0.05) is 0 Å². The minimum absolute atomic E-state index is 0.0236. The summed E-state index contributed by atoms with van der Waals surface area (Å²) in [4.78, 5) is 3.58. The zero-order chi connectivity index (χ0) is 10.3. The molecule has 0 radical (unpaired) electrons. The lowest BCUT2D eigenvalue weighted by Crippen LogP contribution is -2.11. The first kappa shape index (κ1) is 8.79. The van der Waals surface area contributed by atoms with Gasteiger partial charge in [0.15, 0.2) is 5.82 Å². The minimum atomic E-state index is -4.44. The molecule has 2 rings (SSSR count). The number of nitrogen functional groups attached to an aromatic ring is 1. The summed E-state index contributed by atoms with van der Waals surface area (Å²) in [5.41, 5.74) is 4.67. The van der Waals surface area contributed by atoms with Crippen molar-refractivity contribution in [2.45, 2.75) is 6.18 Å². The molecule has 0 aliphatic rings. The quantitative estimate of drug-likeness (QED) is 0.701. The summed E-state index contributed by atoms with van der Waals surface area (Å²) in [6.45, 7) is 0. The Hall–Kier alpha value is -1.79. The fourth-order valence-electron chi connectivity index (χ4n) is 1.17. The number of hydrogen-bond acceptors (Lipinski definition) is 3. The van der Waals surface area contributed by atoms with E-state index in [2.05, 4.69) is 10.1 Å². The molecular formula is C7H5F3N4. The number of aromatic nitrogens is 3. The number of nitrogens with two attached hydrogens (primary N) is 1. The van der Waals surface area contributed by atoms with Crippen LogP contribution in [0.5, 0.6) is 0 Å². The van der Waals surface area contributed by atoms with Gasteiger partial charge in [0.25, 0.3) is 0 Å². The average Bonchev–Trinajstić information content (AvgIpc) is 2.47. The molecule has 2 N–H and O–H groups in total. The summed E-state index contributed by atoms with van der Waals surface area (Å²) in [5, 5.41) is 3.47. The molecule has 0 bridgehead atoms. The van der Waals surface area contributed by atoms with Crippen LogP contribution in [0.25, 0.3) is 5.52 Å². The fourth-order valence-corrected chi connectivity index (χ4v) is 1.17. The predicted octanol–water partition coefficient (Wildman–Crippen LogP) is 1.33. The Balaban J connectivity index is 2.76. The highest BCUT2D eigenvalue weighted by molar-refractivity contribution is 5.65. The van der Waals surface area contributed by atoms with E-state index in [0.717, 1.165) is 16.9 Å². The molecule has 0 saturated carbocycles. The van der Waals surface area contributed by atoms with Crippen molar-refractivity contribution < 1.29 is 13.2 Å². The summed E-state index contributed by atoms with van der Waals surface area (Å²) in [5.74, 6) is 0.0236. The highest BCUT2D eigenvalue weighted by Crippen LogP contribution is 2.30. The summed E-state index contributed by atoms with van der Waals surface area (Å²) >= 11 is 0. The van der Waals surface area contributed by atoms with Gasteiger partial charge in [-0.15, -0.1) is 0 Å². The molecule has 0 fully saturated rings. The second-order valence-corrected chi connectivity index (χ2v) is 2.66. The Morgan fingerprint density at radius 1 is 1.29 bits per heavy atom. The maximum Gasteiger partial charge on any atom is 0.433 e. The third kappa shape index (κ3) is 1.17. The minimum Gasteiger partial charge on any atom is -0.382 e. The largest absolute Gasteiger partial charge is 0.433 e. The van der Waals surface area contributed by atoms with E-state index in [0.29, 0.717) is 0 Å². The zero-order valence-electron chi connectivity index (χ0n) is 6.78. The fraction of sp³-hybridized carbons (Fsp3) is 0.143. The van der Waals surface area contributed by atoms with E-state index in [-0.39, 0.29) is 11.3 Å². The number of fused-ring (bicyclic) bond motifs is 1. The third-order valence-electron chi connectivity index (χ3n) is 1.77. The van der Waals surface area contributed by atoms with Gasteiger partial charge in [-0.2, -0.15) is 18.3 Å². The number of halogens is 3. The van der Waals surface area contributed by atoms with E-state index >= 15 is 0 Å². The second-order valence-electron chi connectivity index (χ2n) is 2.66. The Bertz CT molecular complexity index is 473. The SMILES string of the molecule is Nc1ncnn2c(C(F)(F)F)ccc12. The van der Waals surface area contributed by atoms with Crippen LogP contribution < -0.4 is 5.73 Å². The van der Waals surface area contributed by atoms with Crippen molar-refractivity contribution >= 4 is 11.3 Å². The van der Waals surface area contributed by atoms with Crippen molar-refractivity contribution in [3.05, 3.63) is 24.2 Å². The summed E-state index contributed by atoms with van der Waals surface area (Å²) in [6, 6.07) is 2.15. The van der Waals surface area contributed by atoms with Gasteiger partial charge >= 0.3 is 6.18 Å². The lowest BCUT2D eigenvalue weighted by atomic mass is 10.4. The highest BCUT2D eigenvalue weighted by atomic mass is 19.4. The molecule has 2 aromatic heterocycles. The van der Waals surface area contributed by atoms with Gasteiger partial charge in [-0.05, 0) is 12.1 Å². The number of alkyl halides is 3. The molecule has 0 aliphatic heterocycles. The lowest BCUT2D eigenvalue weighted by Gasteiger charge is -2.05. The Labute approximate surface area is 76.2 Å². The van der Waals surface area contributed by atoms with Crippen molar-refractivity contribution in [1.82, 2.24) is 14.6 Å². The number of hydrogen-bond donors (Lipinski definition) is 1. The van der Waals surface area contributed by atoms with E-state index in [1.54, 1.807) is 0 Å². The van der Waals surface area contributed by atoms with Crippen LogP contribution in [0.15, 0.2) is 18.5 Å². The number of nitrogens with zero attached hydrogens (tertiary/aromatic N) is 3. The lowest BCUT2D eigenvalue weighted by molar-refractivity contribution is -0.142. The molecule has 0 aliphatic carbocycles. The Morgan fingerprint density at radius 3 is 2.64 bits per heavy atom. The molecule has 0 unspecified atom stereocenters. The van der Waals surface area contributed by atoms with Crippen LogP contribution in [0.1, 0.15) is 5.69 Å². The predicted molar refractivity (Wildman–Crippen MR) is 42.4 cm³/mol. The summed E-state index contributed by atoms with van der Waals surface area (Å²) < 4.78 is 37.8. The van der Waals surface area contributed by atoms with Crippen LogP contribution in [0, 0.1) is 0 Å². The Morgan fingerprint density at radius 2 is 2.00 bits per heavy atom. The maximum atomic E-state index is 12.4. The van der Waals surface area contributed by atoms with Crippen molar-refractivity contribution in [3.8, 4) is 0 Å². The molecule has 2 aromatic rings. The standard InChI is InChI=1S/C7H5F3N4/c8-7(9,10)5-2-1-4-6(11)12-3-13-14(4)5/h1-3H,(H2,11,12,13). The van der Waals surface area contributed by atoms with Crippen LogP contribution in [-0.2, 0) is 6.18 Å². The molecule has 0 amide bonds. The van der Waals surface area contributed by atoms with E-state index in [9.17, 15) is 13.2 Å². The van der Waals surface area contributed by atoms with Gasteiger partial charge in [-0.3, -0.25) is 0 Å². The van der Waals surface area contributed by atoms with Gasteiger partial charge in [0.2, 0.25) is 0 Å². The van der Waals surface area contributed by atoms with Gasteiger partial charge in [0.1, 0.15) is 17.5 Å². The van der Waals surface area contributed by atoms with Crippen LogP contribution >= 0.6 is 0 Å². The third-order valence-corrected chi connectivity index (χ3v) is 1.77. The van der Waals surface area contributed by atoms with Gasteiger partial charge in [0.05, 0.1) is 0 Å². The monoisotopic (exact) mass is 202 g/mol. The molecule has 2 heterocycles. The molecule has 0 spiro atoms. The van der Waals surface area contributed by atoms with E-state index < -0.39 is 11.9 Å². The molecule has 4 nitrogen and oxygen atoms in total. The highest BCUT2D eigenvalue weighted by Gasteiger charge is 2.34. The molecule has 7 heteroatoms. The van der Waals surface area contributed by atoms with Crippen LogP contribution in [0.3, 0.4) is 0 Å². The molecule has 0 atom stereocenters. The Kier molecular flexibility index (Phi) is 1.63. The van der Waals surface area contributed by atoms with Crippen molar-refractivity contribution in [1.29, 1.82) is 0 Å². The summed E-state index contributed by atoms with van der Waals surface area (Å²) in [6.07, 6.45) is -3.45. The van der Waals surface area contributed by atoms with Gasteiger partial charge < -0.3 is 5.73 Å². The summed E-state index contributed by atoms with van der Waals surface area (Å²) in [7, 11) is 0. The second kappa shape index (κ2) is 2.60. The van der Waals surface area contributed by atoms with Crippen molar-refractivity contribution in [2.75, 3.05) is 5.73 Å². The first-order valence-corrected chi connectivity index (χ1v) is 3.65. The van der Waals surface area contributed by atoms with E-state index in [1.165, 1.54) is 6.07 Å². The average molecular weight is 202 g/mol. The zero-order valence-corrected chi connectivity index (χ0v) is 6.78. The van der Waals surface area contributed by atoms with Gasteiger partial charge in [-0.25, -0.2) is 9.50 Å². The van der Waals surface area contributed by atoms with Crippen LogP contribution in [0.2, 0.25) is 0 Å².